The quantitative estimate of drug-likeness (QED) is 0.278. The van der Waals surface area contributed by atoms with Gasteiger partial charge in [-0.05, 0) is 76.1 Å². The van der Waals surface area contributed by atoms with Crippen molar-refractivity contribution in [2.24, 2.45) is 5.92 Å². The Balaban J connectivity index is 1.86. The fraction of sp³-hybridized carbons (Fsp3) is 0.588. The number of carbonyl (C=O) groups excluding carboxylic acids is 2. The topological polar surface area (TPSA) is 91.3 Å². The van der Waals surface area contributed by atoms with E-state index in [9.17, 15) is 41.0 Å². The van der Waals surface area contributed by atoms with Crippen LogP contribution in [0.4, 0.5) is 32.0 Å². The van der Waals surface area contributed by atoms with Crippen molar-refractivity contribution in [1.82, 2.24) is 9.80 Å². The molecule has 0 aromatic heterocycles. The Morgan fingerprint density at radius 3 is 2.40 bits per heavy atom. The van der Waals surface area contributed by atoms with Crippen molar-refractivity contribution in [2.45, 2.75) is 90.0 Å². The third-order valence-electron chi connectivity index (χ3n) is 8.20. The van der Waals surface area contributed by atoms with E-state index in [1.54, 1.807) is 6.92 Å². The predicted molar refractivity (Wildman–Crippen MR) is 169 cm³/mol. The van der Waals surface area contributed by atoms with Gasteiger partial charge in [0.2, 0.25) is 5.91 Å². The maximum atomic E-state index is 14.2. The predicted octanol–water partition coefficient (Wildman–Crippen LogP) is 6.91. The molecule has 0 spiro atoms. The van der Waals surface area contributed by atoms with Crippen LogP contribution in [0.25, 0.3) is 0 Å². The second-order valence-corrected chi connectivity index (χ2v) is 12.6. The number of anilines is 1. The zero-order chi connectivity index (χ0) is 35.6. The summed E-state index contributed by atoms with van der Waals surface area (Å²) in [6, 6.07) is 8.66. The molecule has 0 bridgehead atoms. The number of hydrogen-bond donors (Lipinski definition) is 2. The number of nitrogens with zero attached hydrogens (tertiary/aromatic N) is 2. The van der Waals surface area contributed by atoms with E-state index in [4.69, 9.17) is 9.47 Å². The van der Waals surface area contributed by atoms with Gasteiger partial charge in [-0.1, -0.05) is 19.1 Å². The van der Waals surface area contributed by atoms with Gasteiger partial charge in [0.1, 0.15) is 5.75 Å². The van der Waals surface area contributed by atoms with Crippen LogP contribution in [0.15, 0.2) is 42.5 Å². The minimum Gasteiger partial charge on any atom is -0.490 e. The molecule has 0 aliphatic carbocycles. The number of fused-ring (bicyclic) bond motifs is 1. The van der Waals surface area contributed by atoms with Crippen molar-refractivity contribution in [2.75, 3.05) is 38.7 Å². The van der Waals surface area contributed by atoms with E-state index in [0.29, 0.717) is 31.7 Å². The molecule has 48 heavy (non-hydrogen) atoms. The summed E-state index contributed by atoms with van der Waals surface area (Å²) in [7, 11) is 1.83. The summed E-state index contributed by atoms with van der Waals surface area (Å²) in [5, 5.41) is 12.5. The Hall–Kier alpha value is -3.36. The fourth-order valence-electron chi connectivity index (χ4n) is 5.42. The van der Waals surface area contributed by atoms with E-state index in [1.165, 1.54) is 35.2 Å². The second-order valence-electron chi connectivity index (χ2n) is 12.6. The lowest BCUT2D eigenvalue weighted by molar-refractivity contribution is -0.142. The van der Waals surface area contributed by atoms with Crippen LogP contribution in [0.2, 0.25) is 0 Å². The highest BCUT2D eigenvalue weighted by Crippen LogP contribution is 2.31. The molecule has 2 N–H and O–H groups in total. The van der Waals surface area contributed by atoms with Gasteiger partial charge in [0.15, 0.2) is 0 Å². The Bertz CT molecular complexity index is 1340. The minimum atomic E-state index is -4.49. The van der Waals surface area contributed by atoms with Crippen LogP contribution in [0.3, 0.4) is 0 Å². The van der Waals surface area contributed by atoms with Gasteiger partial charge in [-0.15, -0.1) is 0 Å². The molecule has 1 heterocycles. The Labute approximate surface area is 277 Å². The van der Waals surface area contributed by atoms with E-state index >= 15 is 0 Å². The summed E-state index contributed by atoms with van der Waals surface area (Å²) >= 11 is 0. The fourth-order valence-corrected chi connectivity index (χ4v) is 5.42. The van der Waals surface area contributed by atoms with Gasteiger partial charge in [-0.2, -0.15) is 26.3 Å². The first-order valence-corrected chi connectivity index (χ1v) is 16.0. The first kappa shape index (κ1) is 39.1. The lowest BCUT2D eigenvalue weighted by Crippen LogP contribution is -2.47. The zero-order valence-electron chi connectivity index (χ0n) is 27.7. The number of amides is 2. The van der Waals surface area contributed by atoms with Crippen molar-refractivity contribution in [3.8, 4) is 5.75 Å². The van der Waals surface area contributed by atoms with E-state index in [1.807, 2.05) is 25.8 Å². The molecular formula is C34H45F6N3O5. The van der Waals surface area contributed by atoms with Gasteiger partial charge in [0, 0.05) is 44.3 Å². The number of likely N-dealkylation sites (N-methyl/N-ethyl adjacent to an activating group) is 1. The van der Waals surface area contributed by atoms with Crippen molar-refractivity contribution in [3.05, 3.63) is 59.2 Å². The smallest absolute Gasteiger partial charge is 0.416 e. The second kappa shape index (κ2) is 17.3. The van der Waals surface area contributed by atoms with E-state index in [2.05, 4.69) is 5.32 Å². The van der Waals surface area contributed by atoms with E-state index in [-0.39, 0.29) is 48.3 Å². The average molecular weight is 690 g/mol. The highest BCUT2D eigenvalue weighted by molar-refractivity contribution is 5.99. The highest BCUT2D eigenvalue weighted by Gasteiger charge is 2.32. The minimum absolute atomic E-state index is 0.0805. The highest BCUT2D eigenvalue weighted by atomic mass is 19.4. The largest absolute Gasteiger partial charge is 0.490 e. The molecule has 2 aromatic carbocycles. The summed E-state index contributed by atoms with van der Waals surface area (Å²) in [5.41, 5.74) is 0.174. The number of halogens is 6. The zero-order valence-corrected chi connectivity index (χ0v) is 27.7. The average Bonchev–Trinajstić information content (AvgIpc) is 3.01. The number of aliphatic hydroxyl groups is 1. The summed E-state index contributed by atoms with van der Waals surface area (Å²) in [4.78, 5) is 29.8. The number of nitrogens with one attached hydrogen (secondary N) is 1. The molecule has 268 valence electrons. The van der Waals surface area contributed by atoms with Gasteiger partial charge < -0.3 is 24.8 Å². The summed E-state index contributed by atoms with van der Waals surface area (Å²) < 4.78 is 89.5. The molecule has 3 rings (SSSR count). The first-order chi connectivity index (χ1) is 22.5. The lowest BCUT2D eigenvalue weighted by Gasteiger charge is -2.36. The monoisotopic (exact) mass is 689 g/mol. The van der Waals surface area contributed by atoms with Crippen LogP contribution in [0.1, 0.15) is 74.4 Å². The molecule has 0 saturated carbocycles. The summed E-state index contributed by atoms with van der Waals surface area (Å²) in [6.07, 6.45) is -9.55. The number of ether oxygens (including phenoxy) is 2. The molecule has 14 heteroatoms. The van der Waals surface area contributed by atoms with Gasteiger partial charge in [0.25, 0.3) is 5.91 Å². The summed E-state index contributed by atoms with van der Waals surface area (Å²) in [5.74, 6) is -1.39. The Morgan fingerprint density at radius 2 is 1.77 bits per heavy atom. The van der Waals surface area contributed by atoms with Crippen LogP contribution in [0.5, 0.6) is 5.75 Å². The molecule has 0 saturated heterocycles. The number of alkyl halides is 6. The molecule has 2 amide bonds. The van der Waals surface area contributed by atoms with Crippen LogP contribution in [-0.2, 0) is 22.3 Å². The SMILES string of the molecule is C[C@H](CO)N1C[C@H](C)[C@H](CN(C)Cc2ccc(C(F)(F)F)cc2)OCCCC[C@H](C)Oc2ccc(NC(=O)CCC(F)(F)F)cc2C1=O. The molecule has 8 nitrogen and oxygen atoms in total. The van der Waals surface area contributed by atoms with Gasteiger partial charge >= 0.3 is 12.4 Å². The lowest BCUT2D eigenvalue weighted by atomic mass is 10.0. The molecule has 0 radical (unpaired) electrons. The molecular weight excluding hydrogens is 644 g/mol. The van der Waals surface area contributed by atoms with E-state index < -0.39 is 48.6 Å². The standard InChI is InChI=1S/C34H45F6N3O5/c1-22-18-43(23(2)21-44)32(46)28-17-27(41-31(45)14-15-33(35,36)37)12-13-29(28)48-24(3)7-5-6-16-47-30(22)20-42(4)19-25-8-10-26(11-9-25)34(38,39)40/h8-13,17,22-24,30,44H,5-7,14-16,18-21H2,1-4H3,(H,41,45)/t22-,23+,24-,30-/m0/s1. The van der Waals surface area contributed by atoms with Crippen molar-refractivity contribution in [1.29, 1.82) is 0 Å². The normalized spacial score (nSPS) is 20.9. The third kappa shape index (κ3) is 12.3. The third-order valence-corrected chi connectivity index (χ3v) is 8.20. The Morgan fingerprint density at radius 1 is 1.08 bits per heavy atom. The molecule has 1 aliphatic heterocycles. The maximum absolute atomic E-state index is 14.2. The van der Waals surface area contributed by atoms with Crippen LogP contribution < -0.4 is 10.1 Å². The molecule has 0 fully saturated rings. The first-order valence-electron chi connectivity index (χ1n) is 16.0. The summed E-state index contributed by atoms with van der Waals surface area (Å²) in [6.45, 7) is 6.42. The number of hydrogen-bond acceptors (Lipinski definition) is 6. The van der Waals surface area contributed by atoms with Crippen LogP contribution in [0, 0.1) is 5.92 Å². The number of rotatable bonds is 9. The van der Waals surface area contributed by atoms with Crippen molar-refractivity contribution >= 4 is 17.5 Å². The van der Waals surface area contributed by atoms with Gasteiger partial charge in [-0.25, -0.2) is 0 Å². The van der Waals surface area contributed by atoms with E-state index in [0.717, 1.165) is 25.0 Å². The molecule has 0 unspecified atom stereocenters. The molecule has 1 aliphatic rings. The number of carbonyl (C=O) groups is 2. The molecule has 2 aromatic rings. The number of benzene rings is 2. The van der Waals surface area contributed by atoms with Crippen LogP contribution >= 0.6 is 0 Å². The van der Waals surface area contributed by atoms with Gasteiger partial charge in [-0.3, -0.25) is 14.5 Å². The molecule has 4 atom stereocenters. The van der Waals surface area contributed by atoms with Crippen LogP contribution in [-0.4, -0.2) is 84.5 Å². The van der Waals surface area contributed by atoms with Crippen molar-refractivity contribution in [3.63, 3.8) is 0 Å². The maximum Gasteiger partial charge on any atom is 0.416 e. The van der Waals surface area contributed by atoms with Crippen molar-refractivity contribution < 1.29 is 50.5 Å². The Kier molecular flexibility index (Phi) is 14.1. The number of aliphatic hydroxyl groups excluding tert-OH is 1. The van der Waals surface area contributed by atoms with Gasteiger partial charge in [0.05, 0.1) is 42.4 Å².